The topological polar surface area (TPSA) is 42.0 Å². The first kappa shape index (κ1) is 17.3. The molecule has 25 heavy (non-hydrogen) atoms. The third kappa shape index (κ3) is 3.77. The van der Waals surface area contributed by atoms with Crippen molar-refractivity contribution >= 4 is 11.6 Å². The summed E-state index contributed by atoms with van der Waals surface area (Å²) in [5, 5.41) is 0. The number of nitrogens with zero attached hydrogens (tertiary/aromatic N) is 2. The van der Waals surface area contributed by atoms with Gasteiger partial charge in [0.05, 0.1) is 26.5 Å². The summed E-state index contributed by atoms with van der Waals surface area (Å²) in [6.07, 6.45) is 0. The molecule has 1 aliphatic heterocycles. The molecule has 0 bridgehead atoms. The van der Waals surface area contributed by atoms with Gasteiger partial charge in [0.15, 0.2) is 0 Å². The van der Waals surface area contributed by atoms with Crippen molar-refractivity contribution in [3.63, 3.8) is 0 Å². The monoisotopic (exact) mass is 340 g/mol. The number of carbonyl (C=O) groups excluding carboxylic acids is 1. The number of carbonyl (C=O) groups is 1. The van der Waals surface area contributed by atoms with Crippen molar-refractivity contribution in [3.8, 4) is 11.5 Å². The molecule has 1 fully saturated rings. The summed E-state index contributed by atoms with van der Waals surface area (Å²) in [5.41, 5.74) is 3.14. The standard InChI is InChI=1S/C20H24N2O3/c1-15-12-16(8-9-18(15)24-2)13-21-10-11-22(20(23)14-21)17-6-4-5-7-19(17)25-3/h4-9,12H,10-11,13-14H2,1-3H3. The molecule has 0 saturated carbocycles. The molecule has 0 spiro atoms. The van der Waals surface area contributed by atoms with E-state index in [1.165, 1.54) is 5.56 Å². The fraction of sp³-hybridized carbons (Fsp3) is 0.350. The number of amides is 1. The number of hydrogen-bond acceptors (Lipinski definition) is 4. The molecule has 0 radical (unpaired) electrons. The van der Waals surface area contributed by atoms with Crippen LogP contribution in [0.4, 0.5) is 5.69 Å². The van der Waals surface area contributed by atoms with Gasteiger partial charge in [-0.25, -0.2) is 0 Å². The summed E-state index contributed by atoms with van der Waals surface area (Å²) in [6, 6.07) is 13.8. The molecule has 0 aliphatic carbocycles. The average molecular weight is 340 g/mol. The summed E-state index contributed by atoms with van der Waals surface area (Å²) in [4.78, 5) is 16.6. The number of ether oxygens (including phenoxy) is 2. The first-order valence-corrected chi connectivity index (χ1v) is 8.41. The van der Waals surface area contributed by atoms with Gasteiger partial charge in [0, 0.05) is 19.6 Å². The molecule has 5 heteroatoms. The van der Waals surface area contributed by atoms with Crippen LogP contribution in [0.5, 0.6) is 11.5 Å². The predicted molar refractivity (Wildman–Crippen MR) is 98.4 cm³/mol. The lowest BCUT2D eigenvalue weighted by molar-refractivity contribution is -0.121. The zero-order valence-electron chi connectivity index (χ0n) is 15.0. The Hall–Kier alpha value is -2.53. The van der Waals surface area contributed by atoms with Gasteiger partial charge in [-0.15, -0.1) is 0 Å². The second kappa shape index (κ2) is 7.57. The smallest absolute Gasteiger partial charge is 0.241 e. The van der Waals surface area contributed by atoms with Crippen LogP contribution >= 0.6 is 0 Å². The van der Waals surface area contributed by atoms with E-state index in [0.717, 1.165) is 35.8 Å². The van der Waals surface area contributed by atoms with Crippen LogP contribution in [-0.2, 0) is 11.3 Å². The molecule has 0 N–H and O–H groups in total. The minimum Gasteiger partial charge on any atom is -0.496 e. The largest absolute Gasteiger partial charge is 0.496 e. The molecule has 1 aliphatic rings. The molecule has 0 unspecified atom stereocenters. The molecular weight excluding hydrogens is 316 g/mol. The minimum atomic E-state index is 0.0981. The van der Waals surface area contributed by atoms with Crippen LogP contribution in [0, 0.1) is 6.92 Å². The highest BCUT2D eigenvalue weighted by Gasteiger charge is 2.26. The summed E-state index contributed by atoms with van der Waals surface area (Å²) in [5.74, 6) is 1.72. The molecule has 5 nitrogen and oxygen atoms in total. The van der Waals surface area contributed by atoms with E-state index in [1.807, 2.05) is 42.2 Å². The lowest BCUT2D eigenvalue weighted by atomic mass is 10.1. The van der Waals surface area contributed by atoms with Crippen molar-refractivity contribution < 1.29 is 14.3 Å². The highest BCUT2D eigenvalue weighted by molar-refractivity contribution is 5.96. The third-order valence-electron chi connectivity index (χ3n) is 4.54. The first-order valence-electron chi connectivity index (χ1n) is 8.41. The maximum absolute atomic E-state index is 12.6. The van der Waals surface area contributed by atoms with Crippen molar-refractivity contribution in [2.45, 2.75) is 13.5 Å². The Balaban J connectivity index is 1.68. The highest BCUT2D eigenvalue weighted by Crippen LogP contribution is 2.29. The van der Waals surface area contributed by atoms with E-state index in [4.69, 9.17) is 9.47 Å². The number of rotatable bonds is 5. The average Bonchev–Trinajstić information content (AvgIpc) is 2.62. The Morgan fingerprint density at radius 3 is 2.44 bits per heavy atom. The second-order valence-corrected chi connectivity index (χ2v) is 6.23. The molecular formula is C20H24N2O3. The quantitative estimate of drug-likeness (QED) is 0.839. The summed E-state index contributed by atoms with van der Waals surface area (Å²) >= 11 is 0. The second-order valence-electron chi connectivity index (χ2n) is 6.23. The van der Waals surface area contributed by atoms with E-state index >= 15 is 0 Å². The maximum Gasteiger partial charge on any atom is 0.241 e. The molecule has 2 aromatic rings. The minimum absolute atomic E-state index is 0.0981. The Morgan fingerprint density at radius 1 is 1.00 bits per heavy atom. The number of hydrogen-bond donors (Lipinski definition) is 0. The fourth-order valence-corrected chi connectivity index (χ4v) is 3.26. The third-order valence-corrected chi connectivity index (χ3v) is 4.54. The van der Waals surface area contributed by atoms with Gasteiger partial charge in [0.2, 0.25) is 5.91 Å². The van der Waals surface area contributed by atoms with Crippen molar-refractivity contribution in [2.75, 3.05) is 38.8 Å². The number of piperazine rings is 1. The van der Waals surface area contributed by atoms with E-state index < -0.39 is 0 Å². The number of aryl methyl sites for hydroxylation is 1. The SMILES string of the molecule is COc1ccc(CN2CCN(c3ccccc3OC)C(=O)C2)cc1C. The van der Waals surface area contributed by atoms with E-state index in [9.17, 15) is 4.79 Å². The molecule has 132 valence electrons. The van der Waals surface area contributed by atoms with Crippen molar-refractivity contribution in [1.29, 1.82) is 0 Å². The lowest BCUT2D eigenvalue weighted by Crippen LogP contribution is -2.50. The molecule has 2 aromatic carbocycles. The number of para-hydroxylation sites is 2. The van der Waals surface area contributed by atoms with E-state index in [-0.39, 0.29) is 5.91 Å². The molecule has 1 saturated heterocycles. The normalized spacial score (nSPS) is 15.3. The molecule has 3 rings (SSSR count). The molecule has 0 atom stereocenters. The van der Waals surface area contributed by atoms with Gasteiger partial charge < -0.3 is 14.4 Å². The van der Waals surface area contributed by atoms with Crippen LogP contribution in [0.25, 0.3) is 0 Å². The fourth-order valence-electron chi connectivity index (χ4n) is 3.26. The predicted octanol–water partition coefficient (Wildman–Crippen LogP) is 2.86. The number of benzene rings is 2. The summed E-state index contributed by atoms with van der Waals surface area (Å²) < 4.78 is 10.7. The highest BCUT2D eigenvalue weighted by atomic mass is 16.5. The van der Waals surface area contributed by atoms with Crippen LogP contribution in [0.1, 0.15) is 11.1 Å². The van der Waals surface area contributed by atoms with Gasteiger partial charge in [-0.1, -0.05) is 24.3 Å². The van der Waals surface area contributed by atoms with Gasteiger partial charge in [0.1, 0.15) is 11.5 Å². The van der Waals surface area contributed by atoms with Crippen LogP contribution < -0.4 is 14.4 Å². The molecule has 1 amide bonds. The Morgan fingerprint density at radius 2 is 1.76 bits per heavy atom. The first-order chi connectivity index (χ1) is 12.1. The maximum atomic E-state index is 12.6. The van der Waals surface area contributed by atoms with Crippen molar-refractivity contribution in [2.24, 2.45) is 0 Å². The van der Waals surface area contributed by atoms with Gasteiger partial charge >= 0.3 is 0 Å². The van der Waals surface area contributed by atoms with Crippen molar-refractivity contribution in [1.82, 2.24) is 4.90 Å². The van der Waals surface area contributed by atoms with Crippen LogP contribution in [-0.4, -0.2) is 44.7 Å². The lowest BCUT2D eigenvalue weighted by Gasteiger charge is -2.35. The number of anilines is 1. The van der Waals surface area contributed by atoms with E-state index in [2.05, 4.69) is 17.0 Å². The van der Waals surface area contributed by atoms with Gasteiger partial charge in [-0.05, 0) is 36.2 Å². The van der Waals surface area contributed by atoms with E-state index in [1.54, 1.807) is 14.2 Å². The zero-order valence-corrected chi connectivity index (χ0v) is 15.0. The van der Waals surface area contributed by atoms with Crippen LogP contribution in [0.3, 0.4) is 0 Å². The Bertz CT molecular complexity index is 760. The summed E-state index contributed by atoms with van der Waals surface area (Å²) in [7, 11) is 3.31. The Kier molecular flexibility index (Phi) is 5.24. The van der Waals surface area contributed by atoms with Gasteiger partial charge in [0.25, 0.3) is 0 Å². The molecule has 1 heterocycles. The van der Waals surface area contributed by atoms with Crippen LogP contribution in [0.15, 0.2) is 42.5 Å². The summed E-state index contributed by atoms with van der Waals surface area (Å²) in [6.45, 7) is 4.69. The van der Waals surface area contributed by atoms with Gasteiger partial charge in [-0.3, -0.25) is 9.69 Å². The van der Waals surface area contributed by atoms with Crippen LogP contribution in [0.2, 0.25) is 0 Å². The Labute approximate surface area is 148 Å². The zero-order chi connectivity index (χ0) is 17.8. The van der Waals surface area contributed by atoms with Gasteiger partial charge in [-0.2, -0.15) is 0 Å². The molecule has 0 aromatic heterocycles. The number of methoxy groups -OCH3 is 2. The van der Waals surface area contributed by atoms with E-state index in [0.29, 0.717) is 13.1 Å². The van der Waals surface area contributed by atoms with Crippen molar-refractivity contribution in [3.05, 3.63) is 53.6 Å².